The Kier molecular flexibility index (Phi) is 5.79. The van der Waals surface area contributed by atoms with Crippen molar-refractivity contribution < 1.29 is 22.8 Å². The number of nitriles is 1. The van der Waals surface area contributed by atoms with Crippen LogP contribution in [0.4, 0.5) is 5.88 Å². The molecular weight excluding hydrogens is 436 g/mol. The van der Waals surface area contributed by atoms with E-state index in [1.54, 1.807) is 29.2 Å². The maximum Gasteiger partial charge on any atom is 0.289 e. The molecule has 1 aromatic carbocycles. The van der Waals surface area contributed by atoms with Gasteiger partial charge in [-0.3, -0.25) is 4.79 Å². The maximum absolute atomic E-state index is 12.5. The lowest BCUT2D eigenvalue weighted by Crippen LogP contribution is -2.48. The zero-order valence-corrected chi connectivity index (χ0v) is 18.6. The molecule has 1 amide bonds. The van der Waals surface area contributed by atoms with E-state index in [0.29, 0.717) is 49.3 Å². The van der Waals surface area contributed by atoms with Gasteiger partial charge in [0.05, 0.1) is 6.26 Å². The molecule has 0 N–H and O–H groups in total. The summed E-state index contributed by atoms with van der Waals surface area (Å²) >= 11 is 0. The van der Waals surface area contributed by atoms with Gasteiger partial charge in [-0.05, 0) is 48.9 Å². The summed E-state index contributed by atoms with van der Waals surface area (Å²) in [5.41, 5.74) is 1.29. The zero-order valence-electron chi connectivity index (χ0n) is 18.6. The summed E-state index contributed by atoms with van der Waals surface area (Å²) in [5, 5.41) is 9.59. The molecule has 1 aliphatic heterocycles. The molecule has 172 valence electrons. The molecule has 0 bridgehead atoms. The van der Waals surface area contributed by atoms with Gasteiger partial charge in [0.2, 0.25) is 11.6 Å². The van der Waals surface area contributed by atoms with E-state index in [1.807, 2.05) is 36.1 Å². The van der Waals surface area contributed by atoms with Crippen LogP contribution in [-0.4, -0.2) is 42.0 Å². The van der Waals surface area contributed by atoms with Gasteiger partial charge in [-0.25, -0.2) is 0 Å². The number of anilines is 1. The van der Waals surface area contributed by atoms with Crippen LogP contribution in [0, 0.1) is 18.3 Å². The third kappa shape index (κ3) is 4.38. The van der Waals surface area contributed by atoms with Gasteiger partial charge in [0, 0.05) is 26.2 Å². The zero-order chi connectivity index (χ0) is 23.5. The second-order valence-electron chi connectivity index (χ2n) is 7.91. The average molecular weight is 458 g/mol. The SMILES string of the molecule is Cc1cccc(OCc2ccc(-c3nc(C#N)c(N4CCN(C(=O)c5ccco5)CC4)o3)o2)c1. The van der Waals surface area contributed by atoms with Crippen LogP contribution in [0.5, 0.6) is 5.75 Å². The summed E-state index contributed by atoms with van der Waals surface area (Å²) in [6.45, 7) is 4.21. The number of oxazole rings is 1. The molecule has 9 heteroatoms. The molecule has 0 saturated carbocycles. The molecule has 0 atom stereocenters. The van der Waals surface area contributed by atoms with Crippen LogP contribution in [0.3, 0.4) is 0 Å². The van der Waals surface area contributed by atoms with E-state index >= 15 is 0 Å². The normalized spacial score (nSPS) is 13.6. The number of nitrogens with zero attached hydrogens (tertiary/aromatic N) is 4. The van der Waals surface area contributed by atoms with Crippen LogP contribution in [0.15, 0.2) is 68.0 Å². The number of ether oxygens (including phenoxy) is 1. The summed E-state index contributed by atoms with van der Waals surface area (Å²) in [6.07, 6.45) is 1.48. The Labute approximate surface area is 195 Å². The number of furan rings is 2. The van der Waals surface area contributed by atoms with E-state index < -0.39 is 0 Å². The molecule has 3 aromatic heterocycles. The molecule has 0 spiro atoms. The van der Waals surface area contributed by atoms with Crippen molar-refractivity contribution in [2.45, 2.75) is 13.5 Å². The summed E-state index contributed by atoms with van der Waals surface area (Å²) in [6, 6.07) is 16.7. The third-order valence-corrected chi connectivity index (χ3v) is 5.54. The highest BCUT2D eigenvalue weighted by Crippen LogP contribution is 2.30. The molecule has 0 aliphatic carbocycles. The third-order valence-electron chi connectivity index (χ3n) is 5.54. The van der Waals surface area contributed by atoms with E-state index in [4.69, 9.17) is 18.0 Å². The van der Waals surface area contributed by atoms with Crippen LogP contribution >= 0.6 is 0 Å². The first-order valence-corrected chi connectivity index (χ1v) is 10.9. The molecule has 34 heavy (non-hydrogen) atoms. The predicted molar refractivity (Wildman–Crippen MR) is 121 cm³/mol. The van der Waals surface area contributed by atoms with Crippen LogP contribution < -0.4 is 9.64 Å². The monoisotopic (exact) mass is 458 g/mol. The van der Waals surface area contributed by atoms with E-state index in [-0.39, 0.29) is 24.1 Å². The van der Waals surface area contributed by atoms with Crippen molar-refractivity contribution in [2.75, 3.05) is 31.1 Å². The lowest BCUT2D eigenvalue weighted by atomic mass is 10.2. The molecule has 1 fully saturated rings. The van der Waals surface area contributed by atoms with E-state index in [9.17, 15) is 10.1 Å². The fourth-order valence-corrected chi connectivity index (χ4v) is 3.80. The molecule has 0 unspecified atom stereocenters. The number of rotatable bonds is 6. The summed E-state index contributed by atoms with van der Waals surface area (Å²) in [7, 11) is 0. The van der Waals surface area contributed by atoms with Gasteiger partial charge in [-0.2, -0.15) is 10.2 Å². The molecular formula is C25H22N4O5. The Balaban J connectivity index is 1.25. The smallest absolute Gasteiger partial charge is 0.289 e. The molecule has 1 saturated heterocycles. The minimum absolute atomic E-state index is 0.153. The molecule has 9 nitrogen and oxygen atoms in total. The van der Waals surface area contributed by atoms with Crippen molar-refractivity contribution >= 4 is 11.8 Å². The lowest BCUT2D eigenvalue weighted by molar-refractivity contribution is 0.0713. The van der Waals surface area contributed by atoms with Crippen molar-refractivity contribution in [3.63, 3.8) is 0 Å². The largest absolute Gasteiger partial charge is 0.486 e. The summed E-state index contributed by atoms with van der Waals surface area (Å²) in [4.78, 5) is 20.4. The van der Waals surface area contributed by atoms with Gasteiger partial charge >= 0.3 is 0 Å². The number of aromatic nitrogens is 1. The maximum atomic E-state index is 12.5. The number of aryl methyl sites for hydroxylation is 1. The van der Waals surface area contributed by atoms with Gasteiger partial charge in [-0.15, -0.1) is 0 Å². The van der Waals surface area contributed by atoms with Gasteiger partial charge in [0.15, 0.2) is 11.5 Å². The van der Waals surface area contributed by atoms with Crippen molar-refractivity contribution in [1.82, 2.24) is 9.88 Å². The predicted octanol–water partition coefficient (Wildman–Crippen LogP) is 4.25. The molecule has 5 rings (SSSR count). The van der Waals surface area contributed by atoms with E-state index in [1.165, 1.54) is 6.26 Å². The number of benzene rings is 1. The number of carbonyl (C=O) groups excluding carboxylic acids is 1. The topological polar surface area (TPSA) is 109 Å². The van der Waals surface area contributed by atoms with Crippen molar-refractivity contribution in [3.8, 4) is 23.5 Å². The highest BCUT2D eigenvalue weighted by atomic mass is 16.5. The summed E-state index contributed by atoms with van der Waals surface area (Å²) in [5.74, 6) is 2.54. The van der Waals surface area contributed by atoms with Crippen molar-refractivity contribution in [1.29, 1.82) is 5.26 Å². The second kappa shape index (κ2) is 9.19. The molecule has 4 heterocycles. The minimum Gasteiger partial charge on any atom is -0.486 e. The standard InChI is InChI=1S/C25H22N4O5/c1-17-4-2-5-18(14-17)32-16-19-7-8-21(33-19)23-27-20(15-26)25(34-23)29-11-9-28(10-12-29)24(30)22-6-3-13-31-22/h2-8,13-14H,9-12,16H2,1H3. The van der Waals surface area contributed by atoms with E-state index in [0.717, 1.165) is 11.3 Å². The van der Waals surface area contributed by atoms with Crippen LogP contribution in [0.25, 0.3) is 11.7 Å². The fourth-order valence-electron chi connectivity index (χ4n) is 3.80. The van der Waals surface area contributed by atoms with E-state index in [2.05, 4.69) is 11.1 Å². The number of carbonyl (C=O) groups is 1. The van der Waals surface area contributed by atoms with Gasteiger partial charge < -0.3 is 27.8 Å². The molecule has 4 aromatic rings. The first kappa shape index (κ1) is 21.4. The number of piperazine rings is 1. The lowest BCUT2D eigenvalue weighted by Gasteiger charge is -2.34. The minimum atomic E-state index is -0.153. The average Bonchev–Trinajstić information content (AvgIpc) is 3.63. The highest BCUT2D eigenvalue weighted by Gasteiger charge is 2.28. The Morgan fingerprint density at radius 1 is 1.12 bits per heavy atom. The van der Waals surface area contributed by atoms with Crippen molar-refractivity contribution in [3.05, 3.63) is 77.6 Å². The quantitative estimate of drug-likeness (QED) is 0.422. The van der Waals surface area contributed by atoms with Crippen LogP contribution in [0.1, 0.15) is 27.6 Å². The first-order chi connectivity index (χ1) is 16.6. The Morgan fingerprint density at radius 2 is 1.97 bits per heavy atom. The van der Waals surface area contributed by atoms with Gasteiger partial charge in [0.25, 0.3) is 11.8 Å². The van der Waals surface area contributed by atoms with Gasteiger partial charge in [0.1, 0.15) is 24.2 Å². The number of hydrogen-bond donors (Lipinski definition) is 0. The Morgan fingerprint density at radius 3 is 2.71 bits per heavy atom. The Bertz CT molecular complexity index is 1320. The first-order valence-electron chi connectivity index (χ1n) is 10.9. The Hall–Kier alpha value is -4.45. The second-order valence-corrected chi connectivity index (χ2v) is 7.91. The van der Waals surface area contributed by atoms with Crippen molar-refractivity contribution in [2.24, 2.45) is 0 Å². The van der Waals surface area contributed by atoms with Crippen LogP contribution in [0.2, 0.25) is 0 Å². The summed E-state index contributed by atoms with van der Waals surface area (Å²) < 4.78 is 22.7. The van der Waals surface area contributed by atoms with Gasteiger partial charge in [-0.1, -0.05) is 12.1 Å². The fraction of sp³-hybridized carbons (Fsp3) is 0.240. The van der Waals surface area contributed by atoms with Crippen LogP contribution in [-0.2, 0) is 6.61 Å². The number of amides is 1. The molecule has 1 aliphatic rings. The molecule has 0 radical (unpaired) electrons. The number of hydrogen-bond acceptors (Lipinski definition) is 8. The highest BCUT2D eigenvalue weighted by molar-refractivity contribution is 5.91.